The Morgan fingerprint density at radius 1 is 1.33 bits per heavy atom. The number of non-ortho nitro benzene ring substituents is 1. The minimum atomic E-state index is -0.348. The molecule has 96 valence electrons. The van der Waals surface area contributed by atoms with Crippen molar-refractivity contribution in [3.63, 3.8) is 0 Å². The van der Waals surface area contributed by atoms with Gasteiger partial charge in [0.05, 0.1) is 4.92 Å². The summed E-state index contributed by atoms with van der Waals surface area (Å²) >= 11 is 0. The Hall–Kier alpha value is -1.84. The lowest BCUT2D eigenvalue weighted by Gasteiger charge is -2.33. The van der Waals surface area contributed by atoms with Crippen LogP contribution in [-0.4, -0.2) is 18.5 Å². The Balaban J connectivity index is 2.53. The van der Waals surface area contributed by atoms with Crippen molar-refractivity contribution < 1.29 is 4.92 Å². The number of hydrogen-bond donors (Lipinski definition) is 0. The van der Waals surface area contributed by atoms with Gasteiger partial charge in [-0.1, -0.05) is 26.8 Å². The van der Waals surface area contributed by atoms with Gasteiger partial charge in [0.1, 0.15) is 0 Å². The van der Waals surface area contributed by atoms with Gasteiger partial charge in [-0.3, -0.25) is 10.1 Å². The van der Waals surface area contributed by atoms with Crippen molar-refractivity contribution in [1.29, 1.82) is 0 Å². The van der Waals surface area contributed by atoms with Gasteiger partial charge in [0, 0.05) is 37.0 Å². The lowest BCUT2D eigenvalue weighted by Crippen LogP contribution is -2.29. The average molecular weight is 246 g/mol. The quantitative estimate of drug-likeness (QED) is 0.563. The second-order valence-corrected chi connectivity index (χ2v) is 5.78. The Bertz CT molecular complexity index is 527. The number of likely N-dealkylation sites (N-methyl/N-ethyl adjacent to an activating group) is 1. The third-order valence-electron chi connectivity index (χ3n) is 3.33. The molecular weight excluding hydrogens is 228 g/mol. The molecule has 18 heavy (non-hydrogen) atoms. The van der Waals surface area contributed by atoms with Crippen molar-refractivity contribution in [3.05, 3.63) is 39.4 Å². The van der Waals surface area contributed by atoms with Crippen LogP contribution in [0.15, 0.2) is 23.8 Å². The zero-order valence-corrected chi connectivity index (χ0v) is 11.2. The fraction of sp³-hybridized carbons (Fsp3) is 0.429. The second-order valence-electron chi connectivity index (χ2n) is 5.78. The third-order valence-corrected chi connectivity index (χ3v) is 3.33. The molecule has 0 aliphatic carbocycles. The minimum absolute atomic E-state index is 0.0799. The molecule has 0 N–H and O–H groups in total. The molecule has 0 atom stereocenters. The molecule has 1 aromatic rings. The molecule has 0 radical (unpaired) electrons. The van der Waals surface area contributed by atoms with E-state index in [4.69, 9.17) is 0 Å². The van der Waals surface area contributed by atoms with Gasteiger partial charge in [-0.05, 0) is 17.1 Å². The number of benzene rings is 1. The summed E-state index contributed by atoms with van der Waals surface area (Å²) in [4.78, 5) is 12.6. The van der Waals surface area contributed by atoms with Crippen molar-refractivity contribution in [2.24, 2.45) is 5.41 Å². The van der Waals surface area contributed by atoms with Gasteiger partial charge in [0.25, 0.3) is 5.69 Å². The molecule has 0 bridgehead atoms. The lowest BCUT2D eigenvalue weighted by molar-refractivity contribution is -0.384. The zero-order chi connectivity index (χ0) is 13.5. The first kappa shape index (κ1) is 12.6. The molecule has 0 fully saturated rings. The lowest BCUT2D eigenvalue weighted by atomic mass is 9.83. The summed E-state index contributed by atoms with van der Waals surface area (Å²) in [6.45, 7) is 7.35. The first-order valence-corrected chi connectivity index (χ1v) is 5.99. The predicted octanol–water partition coefficient (Wildman–Crippen LogP) is 3.47. The van der Waals surface area contributed by atoms with Gasteiger partial charge in [0.2, 0.25) is 0 Å². The molecule has 0 unspecified atom stereocenters. The number of nitro benzene ring substituents is 1. The normalized spacial score (nSPS) is 15.1. The molecule has 0 saturated heterocycles. The minimum Gasteiger partial charge on any atom is -0.370 e. The van der Waals surface area contributed by atoms with E-state index >= 15 is 0 Å². The fourth-order valence-corrected chi connectivity index (χ4v) is 2.15. The van der Waals surface area contributed by atoms with Crippen LogP contribution in [0.2, 0.25) is 0 Å². The maximum absolute atomic E-state index is 10.8. The topological polar surface area (TPSA) is 46.4 Å². The molecule has 0 amide bonds. The highest BCUT2D eigenvalue weighted by Crippen LogP contribution is 2.36. The van der Waals surface area contributed by atoms with Gasteiger partial charge in [0.15, 0.2) is 0 Å². The van der Waals surface area contributed by atoms with Crippen LogP contribution in [0.1, 0.15) is 26.3 Å². The molecule has 4 nitrogen and oxygen atoms in total. The van der Waals surface area contributed by atoms with Crippen molar-refractivity contribution in [3.8, 4) is 0 Å². The summed E-state index contributed by atoms with van der Waals surface area (Å²) in [5.74, 6) is 0. The van der Waals surface area contributed by atoms with Crippen LogP contribution in [0, 0.1) is 15.5 Å². The van der Waals surface area contributed by atoms with Crippen molar-refractivity contribution in [2.75, 3.05) is 18.5 Å². The Kier molecular flexibility index (Phi) is 2.89. The summed E-state index contributed by atoms with van der Waals surface area (Å²) in [5.41, 5.74) is 3.50. The Morgan fingerprint density at radius 2 is 2.00 bits per heavy atom. The van der Waals surface area contributed by atoms with E-state index < -0.39 is 0 Å². The molecule has 0 saturated carbocycles. The summed E-state index contributed by atoms with van der Waals surface area (Å²) in [7, 11) is 2.02. The molecule has 0 aromatic heterocycles. The largest absolute Gasteiger partial charge is 0.370 e. The smallest absolute Gasteiger partial charge is 0.270 e. The molecular formula is C14H18N2O2. The average Bonchev–Trinajstić information content (AvgIpc) is 2.26. The van der Waals surface area contributed by atoms with Crippen molar-refractivity contribution in [1.82, 2.24) is 0 Å². The molecule has 1 aliphatic rings. The molecule has 1 aliphatic heterocycles. The maximum atomic E-state index is 10.8. The van der Waals surface area contributed by atoms with Crippen LogP contribution in [0.25, 0.3) is 6.08 Å². The number of nitrogens with zero attached hydrogens (tertiary/aromatic N) is 2. The van der Waals surface area contributed by atoms with E-state index in [1.165, 1.54) is 5.57 Å². The van der Waals surface area contributed by atoms with Crippen molar-refractivity contribution in [2.45, 2.75) is 20.8 Å². The van der Waals surface area contributed by atoms with Crippen LogP contribution in [0.3, 0.4) is 0 Å². The zero-order valence-electron chi connectivity index (χ0n) is 11.2. The van der Waals surface area contributed by atoms with E-state index in [2.05, 4.69) is 31.7 Å². The highest BCUT2D eigenvalue weighted by Gasteiger charge is 2.24. The van der Waals surface area contributed by atoms with E-state index in [9.17, 15) is 10.1 Å². The Morgan fingerprint density at radius 3 is 2.56 bits per heavy atom. The first-order valence-electron chi connectivity index (χ1n) is 5.99. The number of hydrogen-bond acceptors (Lipinski definition) is 3. The van der Waals surface area contributed by atoms with Gasteiger partial charge >= 0.3 is 0 Å². The SMILES string of the molecule is CN1CC(C(C)(C)C)=Cc2cc([N+](=O)[O-])ccc21. The van der Waals surface area contributed by atoms with E-state index in [-0.39, 0.29) is 16.0 Å². The monoisotopic (exact) mass is 246 g/mol. The van der Waals surface area contributed by atoms with Crippen LogP contribution in [-0.2, 0) is 0 Å². The number of rotatable bonds is 1. The number of anilines is 1. The van der Waals surface area contributed by atoms with Gasteiger partial charge < -0.3 is 4.90 Å². The van der Waals surface area contributed by atoms with Crippen molar-refractivity contribution >= 4 is 17.5 Å². The van der Waals surface area contributed by atoms with Crippen LogP contribution < -0.4 is 4.90 Å². The van der Waals surface area contributed by atoms with Gasteiger partial charge in [-0.25, -0.2) is 0 Å². The molecule has 2 rings (SSSR count). The number of fused-ring (bicyclic) bond motifs is 1. The molecule has 1 heterocycles. The standard InChI is InChI=1S/C14H18N2O2/c1-14(2,3)11-7-10-8-12(16(17)18)5-6-13(10)15(4)9-11/h5-8H,9H2,1-4H3. The van der Waals surface area contributed by atoms with E-state index in [0.717, 1.165) is 17.8 Å². The number of nitro groups is 1. The Labute approximate surface area is 107 Å². The first-order chi connectivity index (χ1) is 8.29. The van der Waals surface area contributed by atoms with Crippen LogP contribution in [0.4, 0.5) is 11.4 Å². The highest BCUT2D eigenvalue weighted by atomic mass is 16.6. The summed E-state index contributed by atoms with van der Waals surface area (Å²) in [6, 6.07) is 5.03. The summed E-state index contributed by atoms with van der Waals surface area (Å²) in [5, 5.41) is 10.8. The molecule has 0 spiro atoms. The van der Waals surface area contributed by atoms with E-state index in [1.54, 1.807) is 12.1 Å². The van der Waals surface area contributed by atoms with Crippen LogP contribution >= 0.6 is 0 Å². The fourth-order valence-electron chi connectivity index (χ4n) is 2.15. The van der Waals surface area contributed by atoms with Gasteiger partial charge in [-0.15, -0.1) is 0 Å². The highest BCUT2D eigenvalue weighted by molar-refractivity contribution is 5.75. The van der Waals surface area contributed by atoms with Gasteiger partial charge in [-0.2, -0.15) is 0 Å². The maximum Gasteiger partial charge on any atom is 0.270 e. The molecule has 1 aromatic carbocycles. The van der Waals surface area contributed by atoms with E-state index in [1.807, 2.05) is 13.1 Å². The van der Waals surface area contributed by atoms with E-state index in [0.29, 0.717) is 0 Å². The second kappa shape index (κ2) is 4.12. The third kappa shape index (κ3) is 2.23. The molecule has 4 heteroatoms. The predicted molar refractivity (Wildman–Crippen MR) is 73.8 cm³/mol. The summed E-state index contributed by atoms with van der Waals surface area (Å²) in [6.07, 6.45) is 2.09. The van der Waals surface area contributed by atoms with Crippen LogP contribution in [0.5, 0.6) is 0 Å². The summed E-state index contributed by atoms with van der Waals surface area (Å²) < 4.78 is 0.